The first-order chi connectivity index (χ1) is 27.5. The predicted octanol–water partition coefficient (Wildman–Crippen LogP) is 5.72. The number of carbonyl (C=O) groups excluding carboxylic acids is 3. The average molecular weight is 779 g/mol. The quantitative estimate of drug-likeness (QED) is 0.137. The van der Waals surface area contributed by atoms with Gasteiger partial charge in [-0.3, -0.25) is 14.4 Å². The summed E-state index contributed by atoms with van der Waals surface area (Å²) in [6.45, 7) is 14.4. The third-order valence-electron chi connectivity index (χ3n) is 9.77. The number of likely N-dealkylation sites (N-methyl/N-ethyl adjacent to an activating group) is 2. The lowest BCUT2D eigenvalue weighted by molar-refractivity contribution is -0.117. The summed E-state index contributed by atoms with van der Waals surface area (Å²) in [5.41, 5.74) is 5.23. The molecule has 0 aliphatic carbocycles. The van der Waals surface area contributed by atoms with E-state index in [1.54, 1.807) is 4.90 Å². The van der Waals surface area contributed by atoms with Gasteiger partial charge in [-0.15, -0.1) is 0 Å². The van der Waals surface area contributed by atoms with Crippen molar-refractivity contribution in [3.8, 4) is 11.5 Å². The van der Waals surface area contributed by atoms with Gasteiger partial charge in [0.25, 0.3) is 0 Å². The third kappa shape index (κ3) is 13.4. The molecule has 2 aliphatic rings. The topological polar surface area (TPSA) is 122 Å². The Morgan fingerprint density at radius 2 is 1.05 bits per heavy atom. The molecule has 0 saturated carbocycles. The van der Waals surface area contributed by atoms with Crippen LogP contribution in [0.5, 0.6) is 11.5 Å². The van der Waals surface area contributed by atoms with Gasteiger partial charge >= 0.3 is 0 Å². The van der Waals surface area contributed by atoms with Crippen LogP contribution in [-0.4, -0.2) is 120 Å². The summed E-state index contributed by atoms with van der Waals surface area (Å²) >= 11 is 0. The van der Waals surface area contributed by atoms with Crippen molar-refractivity contribution >= 4 is 51.8 Å². The zero-order chi connectivity index (χ0) is 40.6. The standard InChI is InChI=1S/C23H30N4O3.C21H28N4O2/c1-18(28)24-22-10-9-20(26-13-11-25(3)12-14-26)17-23(22)27(19(2)29)15-16-30-21-7-5-4-6-8-21;1-17(26)23-20-9-8-18(25-13-11-24(2)12-14-25)16-21(20)22-10-15-27-19-6-4-3-5-7-19/h4-10,17H,11-16H2,1-3H3,(H,24,28);3-9,16,22H,10-15H2,1-2H3,(H,23,26). The monoisotopic (exact) mass is 778 g/mol. The summed E-state index contributed by atoms with van der Waals surface area (Å²) in [6.07, 6.45) is 0. The zero-order valence-corrected chi connectivity index (χ0v) is 34.0. The number of hydrogen-bond acceptors (Lipinski definition) is 10. The molecule has 57 heavy (non-hydrogen) atoms. The molecule has 0 bridgehead atoms. The van der Waals surface area contributed by atoms with Gasteiger partial charge < -0.3 is 49.9 Å². The van der Waals surface area contributed by atoms with E-state index in [1.807, 2.05) is 84.9 Å². The van der Waals surface area contributed by atoms with Crippen molar-refractivity contribution < 1.29 is 23.9 Å². The van der Waals surface area contributed by atoms with Gasteiger partial charge in [-0.05, 0) is 74.8 Å². The van der Waals surface area contributed by atoms with Crippen LogP contribution in [0.1, 0.15) is 20.8 Å². The van der Waals surface area contributed by atoms with Crippen LogP contribution in [0.15, 0.2) is 97.1 Å². The zero-order valence-electron chi connectivity index (χ0n) is 34.0. The maximum Gasteiger partial charge on any atom is 0.224 e. The molecular weight excluding hydrogens is 721 g/mol. The number of piperazine rings is 2. The van der Waals surface area contributed by atoms with Crippen molar-refractivity contribution in [2.75, 3.05) is 123 Å². The van der Waals surface area contributed by atoms with Gasteiger partial charge in [-0.25, -0.2) is 0 Å². The molecule has 304 valence electrons. The number of carbonyl (C=O) groups is 3. The molecule has 0 unspecified atom stereocenters. The summed E-state index contributed by atoms with van der Waals surface area (Å²) in [6, 6.07) is 31.3. The van der Waals surface area contributed by atoms with Crippen molar-refractivity contribution in [1.82, 2.24) is 9.80 Å². The Hall–Kier alpha value is -5.79. The maximum absolute atomic E-state index is 12.5. The summed E-state index contributed by atoms with van der Waals surface area (Å²) in [5, 5.41) is 9.15. The van der Waals surface area contributed by atoms with Crippen molar-refractivity contribution in [1.29, 1.82) is 0 Å². The van der Waals surface area contributed by atoms with Crippen molar-refractivity contribution in [3.05, 3.63) is 97.1 Å². The molecule has 0 spiro atoms. The van der Waals surface area contributed by atoms with E-state index >= 15 is 0 Å². The highest BCUT2D eigenvalue weighted by Crippen LogP contribution is 2.32. The van der Waals surface area contributed by atoms with Crippen LogP contribution < -0.4 is 40.1 Å². The van der Waals surface area contributed by atoms with Crippen LogP contribution >= 0.6 is 0 Å². The first-order valence-electron chi connectivity index (χ1n) is 19.6. The lowest BCUT2D eigenvalue weighted by Gasteiger charge is -2.35. The van der Waals surface area contributed by atoms with E-state index in [0.717, 1.165) is 80.9 Å². The third-order valence-corrected chi connectivity index (χ3v) is 9.77. The Kier molecular flexibility index (Phi) is 16.0. The minimum absolute atomic E-state index is 0.0778. The number of amides is 3. The summed E-state index contributed by atoms with van der Waals surface area (Å²) in [5.74, 6) is 1.26. The minimum Gasteiger partial charge on any atom is -0.492 e. The Balaban J connectivity index is 0.000000219. The Morgan fingerprint density at radius 1 is 0.579 bits per heavy atom. The van der Waals surface area contributed by atoms with E-state index in [1.165, 1.54) is 26.5 Å². The molecule has 13 nitrogen and oxygen atoms in total. The highest BCUT2D eigenvalue weighted by Gasteiger charge is 2.21. The Bertz CT molecular complexity index is 1880. The molecule has 3 N–H and O–H groups in total. The first kappa shape index (κ1) is 42.4. The van der Waals surface area contributed by atoms with Gasteiger partial charge in [0.05, 0.1) is 29.3 Å². The number of hydrogen-bond donors (Lipinski definition) is 3. The molecule has 0 atom stereocenters. The highest BCUT2D eigenvalue weighted by molar-refractivity contribution is 6.00. The second-order valence-corrected chi connectivity index (χ2v) is 14.3. The van der Waals surface area contributed by atoms with Crippen LogP contribution in [0.3, 0.4) is 0 Å². The van der Waals surface area contributed by atoms with E-state index < -0.39 is 0 Å². The fourth-order valence-corrected chi connectivity index (χ4v) is 6.63. The van der Waals surface area contributed by atoms with Crippen LogP contribution in [0, 0.1) is 0 Å². The van der Waals surface area contributed by atoms with Crippen LogP contribution in [-0.2, 0) is 14.4 Å². The molecule has 4 aromatic rings. The van der Waals surface area contributed by atoms with E-state index in [0.29, 0.717) is 37.7 Å². The Morgan fingerprint density at radius 3 is 1.56 bits per heavy atom. The van der Waals surface area contributed by atoms with Gasteiger partial charge in [0, 0.05) is 91.0 Å². The molecule has 2 saturated heterocycles. The fourth-order valence-electron chi connectivity index (χ4n) is 6.63. The first-order valence-corrected chi connectivity index (χ1v) is 19.6. The second-order valence-electron chi connectivity index (χ2n) is 14.3. The number of anilines is 6. The maximum atomic E-state index is 12.5. The highest BCUT2D eigenvalue weighted by atomic mass is 16.5. The number of benzene rings is 4. The van der Waals surface area contributed by atoms with E-state index in [4.69, 9.17) is 9.47 Å². The smallest absolute Gasteiger partial charge is 0.224 e. The van der Waals surface area contributed by atoms with Crippen molar-refractivity contribution in [2.24, 2.45) is 0 Å². The summed E-state index contributed by atoms with van der Waals surface area (Å²) in [4.78, 5) is 46.7. The predicted molar refractivity (Wildman–Crippen MR) is 231 cm³/mol. The average Bonchev–Trinajstić information content (AvgIpc) is 3.20. The Labute approximate surface area is 337 Å². The number of nitrogens with one attached hydrogen (secondary N) is 3. The van der Waals surface area contributed by atoms with Gasteiger partial charge in [0.15, 0.2) is 0 Å². The summed E-state index contributed by atoms with van der Waals surface area (Å²) < 4.78 is 11.5. The van der Waals surface area contributed by atoms with E-state index in [2.05, 4.69) is 61.8 Å². The van der Waals surface area contributed by atoms with Crippen LogP contribution in [0.4, 0.5) is 34.1 Å². The molecule has 0 aromatic heterocycles. The lowest BCUT2D eigenvalue weighted by Crippen LogP contribution is -2.44. The van der Waals surface area contributed by atoms with Gasteiger partial charge in [0.2, 0.25) is 17.7 Å². The molecule has 3 amide bonds. The van der Waals surface area contributed by atoms with Crippen molar-refractivity contribution in [3.63, 3.8) is 0 Å². The van der Waals surface area contributed by atoms with Gasteiger partial charge in [0.1, 0.15) is 24.7 Å². The SMILES string of the molecule is CC(=O)Nc1ccc(N2CCN(C)CC2)cc1N(CCOc1ccccc1)C(C)=O.CC(=O)Nc1ccc(N2CCN(C)CC2)cc1NCCOc1ccccc1. The molecule has 13 heteroatoms. The lowest BCUT2D eigenvalue weighted by atomic mass is 10.1. The van der Waals surface area contributed by atoms with E-state index in [-0.39, 0.29) is 17.7 Å². The normalized spacial score (nSPS) is 14.5. The van der Waals surface area contributed by atoms with Gasteiger partial charge in [-0.2, -0.15) is 0 Å². The van der Waals surface area contributed by atoms with Crippen LogP contribution in [0.25, 0.3) is 0 Å². The fraction of sp³-hybridized carbons (Fsp3) is 0.386. The molecule has 2 aliphatic heterocycles. The van der Waals surface area contributed by atoms with Gasteiger partial charge in [-0.1, -0.05) is 36.4 Å². The molecule has 2 heterocycles. The van der Waals surface area contributed by atoms with Crippen molar-refractivity contribution in [2.45, 2.75) is 20.8 Å². The number of nitrogens with zero attached hydrogens (tertiary/aromatic N) is 5. The number of para-hydroxylation sites is 2. The molecular formula is C44H58N8O5. The minimum atomic E-state index is -0.173. The number of ether oxygens (including phenoxy) is 2. The molecule has 2 fully saturated rings. The van der Waals surface area contributed by atoms with Crippen LogP contribution in [0.2, 0.25) is 0 Å². The molecule has 6 rings (SSSR count). The summed E-state index contributed by atoms with van der Waals surface area (Å²) in [7, 11) is 4.27. The second kappa shape index (κ2) is 21.5. The largest absolute Gasteiger partial charge is 0.492 e. The van der Waals surface area contributed by atoms with E-state index in [9.17, 15) is 14.4 Å². The molecule has 0 radical (unpaired) electrons. The molecule has 4 aromatic carbocycles. The number of rotatable bonds is 14.